The van der Waals surface area contributed by atoms with Gasteiger partial charge in [0, 0.05) is 18.6 Å². The number of rotatable bonds is 3. The summed E-state index contributed by atoms with van der Waals surface area (Å²) in [6.45, 7) is 0.392. The summed E-state index contributed by atoms with van der Waals surface area (Å²) in [5.41, 5.74) is 1.66. The molecule has 0 N–H and O–H groups in total. The maximum Gasteiger partial charge on any atom is 0.146 e. The number of fused-ring (bicyclic) bond motifs is 1. The van der Waals surface area contributed by atoms with E-state index in [1.165, 1.54) is 0 Å². The van der Waals surface area contributed by atoms with Crippen LogP contribution in [-0.4, -0.2) is 20.0 Å². The summed E-state index contributed by atoms with van der Waals surface area (Å²) >= 11 is 0. The van der Waals surface area contributed by atoms with E-state index in [0.29, 0.717) is 6.61 Å². The SMILES string of the molecule is Cn1cc(COc2cccc3cccnc23)nn1. The third kappa shape index (κ3) is 2.02. The van der Waals surface area contributed by atoms with Crippen molar-refractivity contribution in [3.63, 3.8) is 0 Å². The van der Waals surface area contributed by atoms with Gasteiger partial charge in [0.15, 0.2) is 0 Å². The van der Waals surface area contributed by atoms with Crippen LogP contribution < -0.4 is 4.74 Å². The number of nitrogens with zero attached hydrogens (tertiary/aromatic N) is 4. The first-order valence-corrected chi connectivity index (χ1v) is 5.65. The summed E-state index contributed by atoms with van der Waals surface area (Å²) in [5, 5.41) is 8.90. The molecule has 90 valence electrons. The summed E-state index contributed by atoms with van der Waals surface area (Å²) in [6.07, 6.45) is 3.59. The lowest BCUT2D eigenvalue weighted by Gasteiger charge is -2.06. The number of ether oxygens (including phenoxy) is 1. The van der Waals surface area contributed by atoms with Gasteiger partial charge in [0.05, 0.1) is 6.20 Å². The molecular weight excluding hydrogens is 228 g/mol. The predicted molar refractivity (Wildman–Crippen MR) is 67.1 cm³/mol. The second kappa shape index (κ2) is 4.44. The Kier molecular flexibility index (Phi) is 2.64. The minimum absolute atomic E-state index is 0.392. The van der Waals surface area contributed by atoms with Crippen molar-refractivity contribution in [2.75, 3.05) is 0 Å². The molecule has 0 spiro atoms. The van der Waals surface area contributed by atoms with Gasteiger partial charge in [-0.2, -0.15) is 0 Å². The highest BCUT2D eigenvalue weighted by atomic mass is 16.5. The molecule has 5 heteroatoms. The zero-order valence-electron chi connectivity index (χ0n) is 9.95. The minimum atomic E-state index is 0.392. The second-order valence-electron chi connectivity index (χ2n) is 4.00. The number of hydrogen-bond acceptors (Lipinski definition) is 4. The van der Waals surface area contributed by atoms with Crippen molar-refractivity contribution >= 4 is 10.9 Å². The standard InChI is InChI=1S/C13H12N4O/c1-17-8-11(15-16-17)9-18-12-6-2-4-10-5-3-7-14-13(10)12/h2-8H,9H2,1H3. The van der Waals surface area contributed by atoms with Gasteiger partial charge < -0.3 is 4.74 Å². The molecule has 0 saturated carbocycles. The summed E-state index contributed by atoms with van der Waals surface area (Å²) < 4.78 is 7.39. The predicted octanol–water partition coefficient (Wildman–Crippen LogP) is 1.94. The molecule has 3 aromatic rings. The summed E-state index contributed by atoms with van der Waals surface area (Å²) in [4.78, 5) is 4.33. The van der Waals surface area contributed by atoms with Crippen LogP contribution in [-0.2, 0) is 13.7 Å². The van der Waals surface area contributed by atoms with E-state index in [1.54, 1.807) is 10.9 Å². The highest BCUT2D eigenvalue weighted by molar-refractivity contribution is 5.84. The van der Waals surface area contributed by atoms with Crippen LogP contribution in [0.1, 0.15) is 5.69 Å². The van der Waals surface area contributed by atoms with Crippen molar-refractivity contribution in [2.24, 2.45) is 7.05 Å². The van der Waals surface area contributed by atoms with Gasteiger partial charge >= 0.3 is 0 Å². The van der Waals surface area contributed by atoms with Crippen LogP contribution in [0.15, 0.2) is 42.7 Å². The Labute approximate surface area is 104 Å². The Morgan fingerprint density at radius 1 is 1.22 bits per heavy atom. The molecule has 18 heavy (non-hydrogen) atoms. The monoisotopic (exact) mass is 240 g/mol. The minimum Gasteiger partial charge on any atom is -0.485 e. The number of aryl methyl sites for hydroxylation is 1. The lowest BCUT2D eigenvalue weighted by atomic mass is 10.2. The molecular formula is C13H12N4O. The van der Waals surface area contributed by atoms with E-state index in [1.807, 2.05) is 43.6 Å². The van der Waals surface area contributed by atoms with Crippen LogP contribution in [0.5, 0.6) is 5.75 Å². The molecule has 0 aliphatic heterocycles. The lowest BCUT2D eigenvalue weighted by molar-refractivity contribution is 0.304. The molecule has 3 rings (SSSR count). The zero-order valence-corrected chi connectivity index (χ0v) is 9.95. The fourth-order valence-corrected chi connectivity index (χ4v) is 1.81. The average Bonchev–Trinajstić information content (AvgIpc) is 2.82. The third-order valence-electron chi connectivity index (χ3n) is 2.62. The van der Waals surface area contributed by atoms with E-state index in [4.69, 9.17) is 4.74 Å². The molecule has 2 aromatic heterocycles. The number of aromatic nitrogens is 4. The Morgan fingerprint density at radius 2 is 2.11 bits per heavy atom. The van der Waals surface area contributed by atoms with Gasteiger partial charge in [-0.25, -0.2) is 0 Å². The molecule has 0 atom stereocenters. The Balaban J connectivity index is 1.86. The van der Waals surface area contributed by atoms with E-state index < -0.39 is 0 Å². The second-order valence-corrected chi connectivity index (χ2v) is 4.00. The Hall–Kier alpha value is -2.43. The van der Waals surface area contributed by atoms with E-state index in [9.17, 15) is 0 Å². The molecule has 0 aliphatic carbocycles. The van der Waals surface area contributed by atoms with Gasteiger partial charge in [0.1, 0.15) is 23.6 Å². The van der Waals surface area contributed by atoms with Gasteiger partial charge in [0.2, 0.25) is 0 Å². The van der Waals surface area contributed by atoms with Gasteiger partial charge in [-0.3, -0.25) is 9.67 Å². The van der Waals surface area contributed by atoms with E-state index in [0.717, 1.165) is 22.3 Å². The van der Waals surface area contributed by atoms with Crippen LogP contribution in [0, 0.1) is 0 Å². The van der Waals surface area contributed by atoms with E-state index in [-0.39, 0.29) is 0 Å². The van der Waals surface area contributed by atoms with Crippen LogP contribution >= 0.6 is 0 Å². The number of para-hydroxylation sites is 1. The molecule has 0 saturated heterocycles. The summed E-state index contributed by atoms with van der Waals surface area (Å²) in [7, 11) is 1.83. The lowest BCUT2D eigenvalue weighted by Crippen LogP contribution is -1.97. The van der Waals surface area contributed by atoms with Gasteiger partial charge in [-0.1, -0.05) is 23.4 Å². The molecule has 0 aliphatic rings. The molecule has 1 aromatic carbocycles. The summed E-state index contributed by atoms with van der Waals surface area (Å²) in [5.74, 6) is 0.763. The summed E-state index contributed by atoms with van der Waals surface area (Å²) in [6, 6.07) is 9.80. The van der Waals surface area contributed by atoms with Crippen molar-refractivity contribution < 1.29 is 4.74 Å². The van der Waals surface area contributed by atoms with Crippen molar-refractivity contribution in [1.82, 2.24) is 20.0 Å². The Morgan fingerprint density at radius 3 is 2.94 bits per heavy atom. The molecule has 2 heterocycles. The number of benzene rings is 1. The van der Waals surface area contributed by atoms with Crippen LogP contribution in [0.2, 0.25) is 0 Å². The molecule has 0 amide bonds. The number of hydrogen-bond donors (Lipinski definition) is 0. The first-order chi connectivity index (χ1) is 8.83. The fraction of sp³-hybridized carbons (Fsp3) is 0.154. The number of pyridine rings is 1. The molecule has 0 fully saturated rings. The van der Waals surface area contributed by atoms with Crippen LogP contribution in [0.4, 0.5) is 0 Å². The zero-order chi connectivity index (χ0) is 12.4. The largest absolute Gasteiger partial charge is 0.485 e. The van der Waals surface area contributed by atoms with Crippen molar-refractivity contribution in [2.45, 2.75) is 6.61 Å². The smallest absolute Gasteiger partial charge is 0.146 e. The molecule has 0 bridgehead atoms. The molecule has 0 radical (unpaired) electrons. The first-order valence-electron chi connectivity index (χ1n) is 5.65. The quantitative estimate of drug-likeness (QED) is 0.702. The Bertz CT molecular complexity index is 672. The fourth-order valence-electron chi connectivity index (χ4n) is 1.81. The van der Waals surface area contributed by atoms with Gasteiger partial charge in [-0.15, -0.1) is 5.10 Å². The normalized spacial score (nSPS) is 10.7. The van der Waals surface area contributed by atoms with Gasteiger partial charge in [0.25, 0.3) is 0 Å². The highest BCUT2D eigenvalue weighted by Gasteiger charge is 2.04. The van der Waals surface area contributed by atoms with Crippen molar-refractivity contribution in [3.05, 3.63) is 48.4 Å². The van der Waals surface area contributed by atoms with Crippen LogP contribution in [0.3, 0.4) is 0 Å². The van der Waals surface area contributed by atoms with Gasteiger partial charge in [-0.05, 0) is 12.1 Å². The maximum absolute atomic E-state index is 5.74. The van der Waals surface area contributed by atoms with Crippen molar-refractivity contribution in [1.29, 1.82) is 0 Å². The topological polar surface area (TPSA) is 52.8 Å². The maximum atomic E-state index is 5.74. The average molecular weight is 240 g/mol. The first kappa shape index (κ1) is 10.7. The van der Waals surface area contributed by atoms with Crippen molar-refractivity contribution in [3.8, 4) is 5.75 Å². The highest BCUT2D eigenvalue weighted by Crippen LogP contribution is 2.23. The molecule has 0 unspecified atom stereocenters. The van der Waals surface area contributed by atoms with E-state index >= 15 is 0 Å². The molecule has 5 nitrogen and oxygen atoms in total. The van der Waals surface area contributed by atoms with Crippen LogP contribution in [0.25, 0.3) is 10.9 Å². The third-order valence-corrected chi connectivity index (χ3v) is 2.62. The van der Waals surface area contributed by atoms with E-state index in [2.05, 4.69) is 15.3 Å².